The largest absolute Gasteiger partial charge is 0.491 e. The second-order valence-electron chi connectivity index (χ2n) is 6.66. The summed E-state index contributed by atoms with van der Waals surface area (Å²) < 4.78 is 5.67. The van der Waals surface area contributed by atoms with Crippen LogP contribution in [0.3, 0.4) is 0 Å². The summed E-state index contributed by atoms with van der Waals surface area (Å²) in [5.41, 5.74) is 2.47. The van der Waals surface area contributed by atoms with Crippen molar-refractivity contribution in [1.82, 2.24) is 4.98 Å². The van der Waals surface area contributed by atoms with Gasteiger partial charge in [0.05, 0.1) is 18.7 Å². The number of carboxylic acids is 1. The number of carboxylic acid groups (broad SMARTS) is 1. The van der Waals surface area contributed by atoms with Gasteiger partial charge >= 0.3 is 5.97 Å². The lowest BCUT2D eigenvalue weighted by Crippen LogP contribution is -2.23. The van der Waals surface area contributed by atoms with Gasteiger partial charge in [0.1, 0.15) is 11.4 Å². The van der Waals surface area contributed by atoms with Crippen molar-refractivity contribution in [2.75, 3.05) is 17.2 Å². The first-order chi connectivity index (χ1) is 13.5. The predicted octanol–water partition coefficient (Wildman–Crippen LogP) is 4.11. The topological polar surface area (TPSA) is 103 Å². The standard InChI is InChI=1S/C20H18ClN3O4/c21-12-1-3-15-11(7-12)8-17(24-15)20(27)23-13-2-4-18-16(9-13)22-14(5-6-28-18)10-19(25)26/h1-4,7-9,14,22,24H,5-6,10H2,(H,23,27)(H,25,26). The molecule has 0 saturated carbocycles. The van der Waals surface area contributed by atoms with Gasteiger partial charge in [-0.1, -0.05) is 11.6 Å². The quantitative estimate of drug-likeness (QED) is 0.528. The van der Waals surface area contributed by atoms with Gasteiger partial charge in [-0.25, -0.2) is 0 Å². The third-order valence-electron chi connectivity index (χ3n) is 4.57. The molecule has 2 heterocycles. The minimum atomic E-state index is -0.871. The van der Waals surface area contributed by atoms with Gasteiger partial charge in [0, 0.05) is 34.1 Å². The van der Waals surface area contributed by atoms with Crippen LogP contribution in [0.15, 0.2) is 42.5 Å². The van der Waals surface area contributed by atoms with E-state index in [0.29, 0.717) is 40.9 Å². The Morgan fingerprint density at radius 1 is 1.21 bits per heavy atom. The van der Waals surface area contributed by atoms with E-state index >= 15 is 0 Å². The Morgan fingerprint density at radius 2 is 2.07 bits per heavy atom. The normalized spacial score (nSPS) is 15.8. The zero-order chi connectivity index (χ0) is 19.7. The number of hydrogen-bond acceptors (Lipinski definition) is 4. The molecular formula is C20H18ClN3O4. The number of H-pyrrole nitrogens is 1. The fraction of sp³-hybridized carbons (Fsp3) is 0.200. The van der Waals surface area contributed by atoms with Gasteiger partial charge in [-0.2, -0.15) is 0 Å². The van der Waals surface area contributed by atoms with Crippen molar-refractivity contribution in [2.45, 2.75) is 18.9 Å². The smallest absolute Gasteiger partial charge is 0.305 e. The van der Waals surface area contributed by atoms with Gasteiger partial charge < -0.3 is 25.5 Å². The molecule has 1 unspecified atom stereocenters. The van der Waals surface area contributed by atoms with Crippen LogP contribution in [0.25, 0.3) is 10.9 Å². The molecule has 0 aliphatic carbocycles. The highest BCUT2D eigenvalue weighted by Crippen LogP contribution is 2.32. The molecule has 1 aliphatic rings. The summed E-state index contributed by atoms with van der Waals surface area (Å²) in [4.78, 5) is 26.7. The molecule has 0 fully saturated rings. The van der Waals surface area contributed by atoms with Crippen LogP contribution < -0.4 is 15.4 Å². The van der Waals surface area contributed by atoms with E-state index in [1.807, 2.05) is 6.07 Å². The Morgan fingerprint density at radius 3 is 2.89 bits per heavy atom. The van der Waals surface area contributed by atoms with E-state index in [2.05, 4.69) is 15.6 Å². The highest BCUT2D eigenvalue weighted by atomic mass is 35.5. The van der Waals surface area contributed by atoms with Crippen molar-refractivity contribution >= 4 is 45.8 Å². The molecule has 4 N–H and O–H groups in total. The molecule has 0 spiro atoms. The summed E-state index contributed by atoms with van der Waals surface area (Å²) in [6.07, 6.45) is 0.581. The second kappa shape index (κ2) is 7.44. The molecule has 1 aromatic heterocycles. The lowest BCUT2D eigenvalue weighted by molar-refractivity contribution is -0.137. The number of aliphatic carboxylic acids is 1. The molecule has 1 amide bonds. The highest BCUT2D eigenvalue weighted by Gasteiger charge is 2.20. The van der Waals surface area contributed by atoms with E-state index in [0.717, 1.165) is 10.9 Å². The number of fused-ring (bicyclic) bond motifs is 2. The van der Waals surface area contributed by atoms with Crippen LogP contribution in [0.2, 0.25) is 5.02 Å². The number of halogens is 1. The molecule has 0 radical (unpaired) electrons. The summed E-state index contributed by atoms with van der Waals surface area (Å²) in [6, 6.07) is 12.1. The van der Waals surface area contributed by atoms with E-state index in [-0.39, 0.29) is 18.4 Å². The zero-order valence-corrected chi connectivity index (χ0v) is 15.5. The Labute approximate surface area is 165 Å². The number of rotatable bonds is 4. The summed E-state index contributed by atoms with van der Waals surface area (Å²) in [6.45, 7) is 0.432. The molecule has 28 heavy (non-hydrogen) atoms. The molecule has 8 heteroatoms. The average molecular weight is 400 g/mol. The maximum Gasteiger partial charge on any atom is 0.305 e. The molecule has 0 saturated heterocycles. The summed E-state index contributed by atoms with van der Waals surface area (Å²) in [7, 11) is 0. The number of hydrogen-bond donors (Lipinski definition) is 4. The van der Waals surface area contributed by atoms with E-state index in [4.69, 9.17) is 21.4 Å². The van der Waals surface area contributed by atoms with Crippen LogP contribution >= 0.6 is 11.6 Å². The monoisotopic (exact) mass is 399 g/mol. The van der Waals surface area contributed by atoms with Crippen molar-refractivity contribution in [2.24, 2.45) is 0 Å². The SMILES string of the molecule is O=C(O)CC1CCOc2ccc(NC(=O)c3cc4cc(Cl)ccc4[nH]3)cc2N1. The van der Waals surface area contributed by atoms with Crippen molar-refractivity contribution < 1.29 is 19.4 Å². The van der Waals surface area contributed by atoms with Gasteiger partial charge in [0.2, 0.25) is 0 Å². The molecule has 0 bridgehead atoms. The lowest BCUT2D eigenvalue weighted by atomic mass is 10.1. The Balaban J connectivity index is 1.53. The van der Waals surface area contributed by atoms with E-state index in [9.17, 15) is 9.59 Å². The van der Waals surface area contributed by atoms with Crippen molar-refractivity contribution in [3.63, 3.8) is 0 Å². The molecule has 1 atom stereocenters. The number of amides is 1. The number of ether oxygens (including phenoxy) is 1. The number of aromatic nitrogens is 1. The summed E-state index contributed by atoms with van der Waals surface area (Å²) in [5.74, 6) is -0.528. The Hall–Kier alpha value is -3.19. The van der Waals surface area contributed by atoms with Crippen molar-refractivity contribution in [1.29, 1.82) is 0 Å². The maximum atomic E-state index is 12.6. The minimum Gasteiger partial charge on any atom is -0.491 e. The van der Waals surface area contributed by atoms with E-state index in [1.54, 1.807) is 36.4 Å². The molecule has 3 aromatic rings. The molecule has 7 nitrogen and oxygen atoms in total. The second-order valence-corrected chi connectivity index (χ2v) is 7.09. The summed E-state index contributed by atoms with van der Waals surface area (Å²) in [5, 5.41) is 16.5. The number of benzene rings is 2. The fourth-order valence-corrected chi connectivity index (χ4v) is 3.42. The number of anilines is 2. The molecule has 144 valence electrons. The first-order valence-electron chi connectivity index (χ1n) is 8.83. The third-order valence-corrected chi connectivity index (χ3v) is 4.80. The number of nitrogens with one attached hydrogen (secondary N) is 3. The van der Waals surface area contributed by atoms with Crippen LogP contribution in [0.5, 0.6) is 5.75 Å². The lowest BCUT2D eigenvalue weighted by Gasteiger charge is -2.15. The van der Waals surface area contributed by atoms with Crippen molar-refractivity contribution in [3.8, 4) is 5.75 Å². The Bertz CT molecular complexity index is 1060. The van der Waals surface area contributed by atoms with E-state index < -0.39 is 5.97 Å². The number of carbonyl (C=O) groups excluding carboxylic acids is 1. The fourth-order valence-electron chi connectivity index (χ4n) is 3.24. The van der Waals surface area contributed by atoms with Crippen LogP contribution in [0, 0.1) is 0 Å². The first-order valence-corrected chi connectivity index (χ1v) is 9.20. The van der Waals surface area contributed by atoms with Crippen LogP contribution in [0.1, 0.15) is 23.3 Å². The molecular weight excluding hydrogens is 382 g/mol. The van der Waals surface area contributed by atoms with Gasteiger partial charge in [-0.05, 0) is 42.5 Å². The van der Waals surface area contributed by atoms with Gasteiger partial charge in [-0.15, -0.1) is 0 Å². The van der Waals surface area contributed by atoms with Crippen molar-refractivity contribution in [3.05, 3.63) is 53.2 Å². The summed E-state index contributed by atoms with van der Waals surface area (Å²) >= 11 is 5.99. The average Bonchev–Trinajstić information content (AvgIpc) is 2.96. The third kappa shape index (κ3) is 3.89. The number of carbonyl (C=O) groups is 2. The molecule has 1 aliphatic heterocycles. The molecule has 4 rings (SSSR count). The van der Waals surface area contributed by atoms with Gasteiger partial charge in [-0.3, -0.25) is 9.59 Å². The molecule has 2 aromatic carbocycles. The minimum absolute atomic E-state index is 0.00297. The van der Waals surface area contributed by atoms with Crippen LogP contribution in [0.4, 0.5) is 11.4 Å². The predicted molar refractivity (Wildman–Crippen MR) is 107 cm³/mol. The van der Waals surface area contributed by atoms with Gasteiger partial charge in [0.25, 0.3) is 5.91 Å². The van der Waals surface area contributed by atoms with E-state index in [1.165, 1.54) is 0 Å². The maximum absolute atomic E-state index is 12.6. The highest BCUT2D eigenvalue weighted by molar-refractivity contribution is 6.31. The van der Waals surface area contributed by atoms with Crippen LogP contribution in [-0.4, -0.2) is 34.6 Å². The van der Waals surface area contributed by atoms with Crippen LogP contribution in [-0.2, 0) is 4.79 Å². The Kier molecular flexibility index (Phi) is 4.83. The first kappa shape index (κ1) is 18.2. The number of aromatic amines is 1. The zero-order valence-electron chi connectivity index (χ0n) is 14.8. The van der Waals surface area contributed by atoms with Gasteiger partial charge in [0.15, 0.2) is 0 Å².